The summed E-state index contributed by atoms with van der Waals surface area (Å²) >= 11 is 3.39. The van der Waals surface area contributed by atoms with Gasteiger partial charge in [-0.05, 0) is 72.6 Å². The van der Waals surface area contributed by atoms with E-state index < -0.39 is 35.2 Å². The Balaban J connectivity index is 1.07. The summed E-state index contributed by atoms with van der Waals surface area (Å²) in [6.07, 6.45) is 3.49. The second-order valence-electron chi connectivity index (χ2n) is 11.5. The van der Waals surface area contributed by atoms with Crippen LogP contribution in [0.3, 0.4) is 0 Å². The van der Waals surface area contributed by atoms with Crippen LogP contribution in [0.5, 0.6) is 0 Å². The molecule has 3 aliphatic rings. The molecule has 0 aliphatic carbocycles. The molecule has 4 heterocycles. The summed E-state index contributed by atoms with van der Waals surface area (Å²) < 4.78 is 2.15. The van der Waals surface area contributed by atoms with Gasteiger partial charge in [0.05, 0.1) is 46.1 Å². The quantitative estimate of drug-likeness (QED) is 0.311. The number of nitrogens with zero attached hydrogens (tertiary/aromatic N) is 5. The van der Waals surface area contributed by atoms with Crippen molar-refractivity contribution in [1.82, 2.24) is 20.0 Å². The smallest absolute Gasteiger partial charge is 0.262 e. The van der Waals surface area contributed by atoms with E-state index in [1.807, 2.05) is 4.90 Å². The lowest BCUT2D eigenvalue weighted by atomic mass is 9.98. The molecule has 226 valence electrons. The zero-order valence-electron chi connectivity index (χ0n) is 24.3. The molecule has 45 heavy (non-hydrogen) atoms. The van der Waals surface area contributed by atoms with Gasteiger partial charge in [-0.3, -0.25) is 38.9 Å². The van der Waals surface area contributed by atoms with E-state index in [0.29, 0.717) is 34.4 Å². The number of hydrogen-bond acceptors (Lipinski definition) is 8. The van der Waals surface area contributed by atoms with Gasteiger partial charge in [-0.25, -0.2) is 0 Å². The van der Waals surface area contributed by atoms with Crippen LogP contribution in [0.4, 0.5) is 11.4 Å². The molecule has 13 heteroatoms. The zero-order chi connectivity index (χ0) is 32.0. The van der Waals surface area contributed by atoms with Gasteiger partial charge in [0.1, 0.15) is 11.6 Å². The summed E-state index contributed by atoms with van der Waals surface area (Å²) in [7, 11) is 0. The Morgan fingerprint density at radius 2 is 1.82 bits per heavy atom. The van der Waals surface area contributed by atoms with E-state index in [9.17, 15) is 24.0 Å². The Bertz CT molecular complexity index is 1910. The number of carbonyl (C=O) groups is 5. The maximum Gasteiger partial charge on any atom is 0.262 e. The third-order valence-corrected chi connectivity index (χ3v) is 8.80. The number of hydrogen-bond donors (Lipinski definition) is 2. The maximum absolute atomic E-state index is 13.1. The van der Waals surface area contributed by atoms with Crippen LogP contribution in [0.25, 0.3) is 0 Å². The first-order valence-corrected chi connectivity index (χ1v) is 14.9. The average molecular weight is 669 g/mol. The number of anilines is 2. The van der Waals surface area contributed by atoms with Gasteiger partial charge in [-0.15, -0.1) is 0 Å². The van der Waals surface area contributed by atoms with E-state index in [2.05, 4.69) is 49.6 Å². The van der Waals surface area contributed by atoms with Crippen LogP contribution in [0.2, 0.25) is 0 Å². The van der Waals surface area contributed by atoms with E-state index >= 15 is 0 Å². The molecule has 0 radical (unpaired) electrons. The molecule has 0 saturated carbocycles. The molecule has 2 fully saturated rings. The monoisotopic (exact) mass is 667 g/mol. The van der Waals surface area contributed by atoms with Crippen molar-refractivity contribution in [2.45, 2.75) is 38.3 Å². The number of benzene rings is 2. The van der Waals surface area contributed by atoms with Crippen LogP contribution < -0.4 is 15.5 Å². The van der Waals surface area contributed by atoms with Gasteiger partial charge < -0.3 is 10.2 Å². The van der Waals surface area contributed by atoms with Crippen molar-refractivity contribution in [2.75, 3.05) is 23.3 Å². The Hall–Kier alpha value is -5.27. The predicted molar refractivity (Wildman–Crippen MR) is 165 cm³/mol. The first-order valence-electron chi connectivity index (χ1n) is 14.1. The molecule has 12 nitrogen and oxygen atoms in total. The van der Waals surface area contributed by atoms with Crippen LogP contribution >= 0.6 is 15.9 Å². The van der Waals surface area contributed by atoms with Gasteiger partial charge in [-0.2, -0.15) is 10.4 Å². The fourth-order valence-corrected chi connectivity index (χ4v) is 5.86. The molecule has 0 spiro atoms. The SMILES string of the molecule is CC(C)(C(=O)Nc1ccc(C#N)cc1Br)n1cc(C#CC2CN(c3ccc4c(c3)C(=O)N(C3CCC(=O)NC3=O)C4=O)C2)cn1. The van der Waals surface area contributed by atoms with Crippen molar-refractivity contribution in [3.63, 3.8) is 0 Å². The largest absolute Gasteiger partial charge is 0.369 e. The summed E-state index contributed by atoms with van der Waals surface area (Å²) in [6.45, 7) is 4.72. The van der Waals surface area contributed by atoms with Crippen molar-refractivity contribution in [1.29, 1.82) is 5.26 Å². The number of halogens is 1. The molecule has 5 amide bonds. The molecule has 6 rings (SSSR count). The molecule has 2 saturated heterocycles. The fourth-order valence-electron chi connectivity index (χ4n) is 5.38. The summed E-state index contributed by atoms with van der Waals surface area (Å²) in [5.74, 6) is 4.00. The zero-order valence-corrected chi connectivity index (χ0v) is 25.8. The number of nitriles is 1. The van der Waals surface area contributed by atoms with Gasteiger partial charge in [0.15, 0.2) is 0 Å². The van der Waals surface area contributed by atoms with Crippen LogP contribution in [-0.4, -0.2) is 63.3 Å². The molecule has 3 aliphatic heterocycles. The van der Waals surface area contributed by atoms with Gasteiger partial charge in [0.2, 0.25) is 11.8 Å². The number of carbonyl (C=O) groups excluding carboxylic acids is 5. The number of amides is 5. The standard InChI is InChI=1S/C32H26BrN7O5/c1-32(2,31(45)36-25-8-5-18(13-34)11-24(25)33)39-17-19(14-35-39)3-4-20-15-38(16-20)21-6-7-22-23(12-21)30(44)40(29(22)43)26-9-10-27(41)37-28(26)42/h5-8,11-12,14,17,20,26H,9-10,15-16H2,1-2H3,(H,36,45)(H,37,41,42). The minimum absolute atomic E-state index is 0.0592. The highest BCUT2D eigenvalue weighted by molar-refractivity contribution is 9.10. The highest BCUT2D eigenvalue weighted by atomic mass is 79.9. The first kappa shape index (κ1) is 29.8. The van der Waals surface area contributed by atoms with E-state index in [1.54, 1.807) is 67.3 Å². The average Bonchev–Trinajstić information content (AvgIpc) is 3.56. The highest BCUT2D eigenvalue weighted by Gasteiger charge is 2.45. The summed E-state index contributed by atoms with van der Waals surface area (Å²) in [4.78, 5) is 66.0. The topological polar surface area (TPSA) is 158 Å². The van der Waals surface area contributed by atoms with Crippen LogP contribution in [0.15, 0.2) is 53.3 Å². The van der Waals surface area contributed by atoms with E-state index in [4.69, 9.17) is 5.26 Å². The number of piperidine rings is 1. The van der Waals surface area contributed by atoms with Gasteiger partial charge in [-0.1, -0.05) is 11.8 Å². The molecular weight excluding hydrogens is 642 g/mol. The van der Waals surface area contributed by atoms with Crippen molar-refractivity contribution in [3.05, 3.63) is 75.5 Å². The van der Waals surface area contributed by atoms with Crippen molar-refractivity contribution >= 4 is 56.8 Å². The van der Waals surface area contributed by atoms with Gasteiger partial charge in [0, 0.05) is 35.9 Å². The Morgan fingerprint density at radius 3 is 2.53 bits per heavy atom. The van der Waals surface area contributed by atoms with Crippen LogP contribution in [-0.2, 0) is 19.9 Å². The number of aromatic nitrogens is 2. The van der Waals surface area contributed by atoms with Gasteiger partial charge >= 0.3 is 0 Å². The summed E-state index contributed by atoms with van der Waals surface area (Å²) in [5, 5.41) is 18.5. The van der Waals surface area contributed by atoms with Crippen molar-refractivity contribution in [3.8, 4) is 17.9 Å². The Labute approximate surface area is 266 Å². The Kier molecular flexibility index (Phi) is 7.51. The second-order valence-corrected chi connectivity index (χ2v) is 12.4. The Morgan fingerprint density at radius 1 is 1.07 bits per heavy atom. The summed E-state index contributed by atoms with van der Waals surface area (Å²) in [6, 6.07) is 11.0. The minimum Gasteiger partial charge on any atom is -0.369 e. The van der Waals surface area contributed by atoms with E-state index in [0.717, 1.165) is 10.6 Å². The van der Waals surface area contributed by atoms with Crippen LogP contribution in [0, 0.1) is 29.1 Å². The molecular formula is C32H26BrN7O5. The molecule has 1 unspecified atom stereocenters. The minimum atomic E-state index is -1.03. The second kappa shape index (κ2) is 11.3. The molecule has 3 aromatic rings. The van der Waals surface area contributed by atoms with Gasteiger partial charge in [0.25, 0.3) is 17.7 Å². The normalized spacial score (nSPS) is 18.0. The highest BCUT2D eigenvalue weighted by Crippen LogP contribution is 2.33. The molecule has 2 aromatic carbocycles. The molecule has 1 atom stereocenters. The third-order valence-electron chi connectivity index (χ3n) is 8.15. The lowest BCUT2D eigenvalue weighted by molar-refractivity contribution is -0.136. The lowest BCUT2D eigenvalue weighted by Crippen LogP contribution is -2.54. The maximum atomic E-state index is 13.1. The van der Waals surface area contributed by atoms with E-state index in [1.165, 1.54) is 0 Å². The van der Waals surface area contributed by atoms with E-state index in [-0.39, 0.29) is 35.8 Å². The predicted octanol–water partition coefficient (Wildman–Crippen LogP) is 2.78. The molecule has 1 aromatic heterocycles. The lowest BCUT2D eigenvalue weighted by Gasteiger charge is -2.38. The number of imide groups is 2. The summed E-state index contributed by atoms with van der Waals surface area (Å²) in [5.41, 5.74) is 1.89. The van der Waals surface area contributed by atoms with Crippen molar-refractivity contribution < 1.29 is 24.0 Å². The first-order chi connectivity index (χ1) is 21.5. The molecule has 2 N–H and O–H groups in total. The number of fused-ring (bicyclic) bond motifs is 1. The number of nitrogens with one attached hydrogen (secondary N) is 2. The van der Waals surface area contributed by atoms with Crippen LogP contribution in [0.1, 0.15) is 58.5 Å². The molecule has 0 bridgehead atoms. The number of rotatable bonds is 5. The fraction of sp³-hybridized carbons (Fsp3) is 0.281. The van der Waals surface area contributed by atoms with Crippen molar-refractivity contribution in [2.24, 2.45) is 5.92 Å². The third kappa shape index (κ3) is 5.47.